The van der Waals surface area contributed by atoms with Crippen LogP contribution < -0.4 is 16.0 Å². The monoisotopic (exact) mass is 289 g/mol. The van der Waals surface area contributed by atoms with E-state index in [1.54, 1.807) is 0 Å². The third kappa shape index (κ3) is 3.97. The fraction of sp³-hybridized carbons (Fsp3) is 0.588. The van der Waals surface area contributed by atoms with Crippen LogP contribution in [0.25, 0.3) is 0 Å². The molecular formula is C17H27N3O. The zero-order valence-corrected chi connectivity index (χ0v) is 13.3. The van der Waals surface area contributed by atoms with Crippen LogP contribution in [-0.2, 0) is 4.79 Å². The van der Waals surface area contributed by atoms with Gasteiger partial charge in [0.15, 0.2) is 0 Å². The molecule has 0 aromatic heterocycles. The minimum absolute atomic E-state index is 0.00116. The number of rotatable bonds is 5. The molecular weight excluding hydrogens is 262 g/mol. The van der Waals surface area contributed by atoms with Crippen molar-refractivity contribution < 1.29 is 4.79 Å². The maximum Gasteiger partial charge on any atom is 0.224 e. The lowest BCUT2D eigenvalue weighted by molar-refractivity contribution is -0.125. The predicted molar refractivity (Wildman–Crippen MR) is 87.3 cm³/mol. The SMILES string of the molecule is CC(NC(=O)C(C)C(C)N)c1cccc(N2CCCC2)c1. The first-order valence-electron chi connectivity index (χ1n) is 7.90. The molecule has 21 heavy (non-hydrogen) atoms. The van der Waals surface area contributed by atoms with Gasteiger partial charge in [-0.2, -0.15) is 0 Å². The highest BCUT2D eigenvalue weighted by Gasteiger charge is 2.20. The zero-order valence-electron chi connectivity index (χ0n) is 13.3. The first kappa shape index (κ1) is 15.8. The summed E-state index contributed by atoms with van der Waals surface area (Å²) < 4.78 is 0. The lowest BCUT2D eigenvalue weighted by Crippen LogP contribution is -2.39. The average molecular weight is 289 g/mol. The van der Waals surface area contributed by atoms with Crippen molar-refractivity contribution in [3.63, 3.8) is 0 Å². The highest BCUT2D eigenvalue weighted by atomic mass is 16.1. The van der Waals surface area contributed by atoms with E-state index < -0.39 is 0 Å². The van der Waals surface area contributed by atoms with E-state index in [0.29, 0.717) is 0 Å². The van der Waals surface area contributed by atoms with E-state index in [2.05, 4.69) is 34.5 Å². The smallest absolute Gasteiger partial charge is 0.224 e. The van der Waals surface area contributed by atoms with Crippen molar-refractivity contribution in [2.24, 2.45) is 11.7 Å². The van der Waals surface area contributed by atoms with E-state index in [4.69, 9.17) is 5.73 Å². The number of hydrogen-bond acceptors (Lipinski definition) is 3. The molecule has 2 rings (SSSR count). The van der Waals surface area contributed by atoms with Gasteiger partial charge in [0.1, 0.15) is 0 Å². The van der Waals surface area contributed by atoms with Crippen LogP contribution >= 0.6 is 0 Å². The number of nitrogens with two attached hydrogens (primary N) is 1. The average Bonchev–Trinajstić information content (AvgIpc) is 3.00. The number of anilines is 1. The van der Waals surface area contributed by atoms with Gasteiger partial charge in [0, 0.05) is 30.7 Å². The van der Waals surface area contributed by atoms with E-state index in [9.17, 15) is 4.79 Å². The molecule has 1 aliphatic heterocycles. The Labute approximate surface area is 127 Å². The quantitative estimate of drug-likeness (QED) is 0.875. The molecule has 0 spiro atoms. The largest absolute Gasteiger partial charge is 0.372 e. The molecule has 4 heteroatoms. The summed E-state index contributed by atoms with van der Waals surface area (Å²) in [6.45, 7) is 8.02. The summed E-state index contributed by atoms with van der Waals surface area (Å²) in [6, 6.07) is 8.34. The molecule has 1 aromatic rings. The molecule has 4 nitrogen and oxygen atoms in total. The van der Waals surface area contributed by atoms with Crippen LogP contribution in [0.2, 0.25) is 0 Å². The summed E-state index contributed by atoms with van der Waals surface area (Å²) in [4.78, 5) is 14.5. The van der Waals surface area contributed by atoms with Gasteiger partial charge in [0.2, 0.25) is 5.91 Å². The van der Waals surface area contributed by atoms with Gasteiger partial charge in [-0.1, -0.05) is 19.1 Å². The normalized spacial score (nSPS) is 19.1. The Hall–Kier alpha value is -1.55. The molecule has 1 amide bonds. The number of carbonyl (C=O) groups is 1. The second-order valence-electron chi connectivity index (χ2n) is 6.17. The molecule has 0 saturated carbocycles. The van der Waals surface area contributed by atoms with E-state index in [-0.39, 0.29) is 23.9 Å². The third-order valence-electron chi connectivity index (χ3n) is 4.40. The summed E-state index contributed by atoms with van der Waals surface area (Å²) in [6.07, 6.45) is 2.53. The second-order valence-corrected chi connectivity index (χ2v) is 6.17. The summed E-state index contributed by atoms with van der Waals surface area (Å²) in [7, 11) is 0. The van der Waals surface area contributed by atoms with E-state index >= 15 is 0 Å². The maximum atomic E-state index is 12.1. The molecule has 1 aliphatic rings. The Kier molecular flexibility index (Phi) is 5.23. The van der Waals surface area contributed by atoms with E-state index in [0.717, 1.165) is 18.7 Å². The van der Waals surface area contributed by atoms with Crippen molar-refractivity contribution in [1.82, 2.24) is 5.32 Å². The third-order valence-corrected chi connectivity index (χ3v) is 4.40. The molecule has 0 aliphatic carbocycles. The summed E-state index contributed by atoms with van der Waals surface area (Å²) >= 11 is 0. The minimum atomic E-state index is -0.172. The van der Waals surface area contributed by atoms with Crippen molar-refractivity contribution in [3.8, 4) is 0 Å². The molecule has 1 fully saturated rings. The van der Waals surface area contributed by atoms with Crippen molar-refractivity contribution in [1.29, 1.82) is 0 Å². The molecule has 116 valence electrons. The molecule has 0 bridgehead atoms. The Bertz CT molecular complexity index is 481. The van der Waals surface area contributed by atoms with Gasteiger partial charge >= 0.3 is 0 Å². The molecule has 3 unspecified atom stereocenters. The number of carbonyl (C=O) groups excluding carboxylic acids is 1. The van der Waals surface area contributed by atoms with Crippen molar-refractivity contribution >= 4 is 11.6 Å². The standard InChI is InChI=1S/C17H27N3O/c1-12(13(2)18)17(21)19-14(3)15-7-6-8-16(11-15)20-9-4-5-10-20/h6-8,11-14H,4-5,9-10,18H2,1-3H3,(H,19,21). The Morgan fingerprint density at radius 3 is 2.52 bits per heavy atom. The van der Waals surface area contributed by atoms with Crippen LogP contribution in [0.4, 0.5) is 5.69 Å². The van der Waals surface area contributed by atoms with Crippen LogP contribution in [0.3, 0.4) is 0 Å². The van der Waals surface area contributed by atoms with E-state index in [1.165, 1.54) is 18.5 Å². The van der Waals surface area contributed by atoms with Gasteiger partial charge in [-0.15, -0.1) is 0 Å². The van der Waals surface area contributed by atoms with Crippen LogP contribution in [0, 0.1) is 5.92 Å². The van der Waals surface area contributed by atoms with Crippen LogP contribution in [0.15, 0.2) is 24.3 Å². The van der Waals surface area contributed by atoms with Gasteiger partial charge in [-0.25, -0.2) is 0 Å². The summed E-state index contributed by atoms with van der Waals surface area (Å²) in [5.74, 6) is -0.154. The number of nitrogens with zero attached hydrogens (tertiary/aromatic N) is 1. The molecule has 3 N–H and O–H groups in total. The molecule has 3 atom stereocenters. The Balaban J connectivity index is 2.03. The maximum absolute atomic E-state index is 12.1. The van der Waals surface area contributed by atoms with Gasteiger partial charge < -0.3 is 16.0 Å². The van der Waals surface area contributed by atoms with Gasteiger partial charge in [-0.05, 0) is 44.4 Å². The van der Waals surface area contributed by atoms with Crippen LogP contribution in [-0.4, -0.2) is 25.0 Å². The van der Waals surface area contributed by atoms with Gasteiger partial charge in [0.25, 0.3) is 0 Å². The fourth-order valence-corrected chi connectivity index (χ4v) is 2.63. The van der Waals surface area contributed by atoms with Crippen LogP contribution in [0.1, 0.15) is 45.2 Å². The zero-order chi connectivity index (χ0) is 15.4. The van der Waals surface area contributed by atoms with Crippen molar-refractivity contribution in [3.05, 3.63) is 29.8 Å². The van der Waals surface area contributed by atoms with Crippen LogP contribution in [0.5, 0.6) is 0 Å². The molecule has 1 heterocycles. The van der Waals surface area contributed by atoms with Crippen molar-refractivity contribution in [2.45, 2.75) is 45.7 Å². The van der Waals surface area contributed by atoms with Gasteiger partial charge in [-0.3, -0.25) is 4.79 Å². The highest BCUT2D eigenvalue weighted by Crippen LogP contribution is 2.24. The summed E-state index contributed by atoms with van der Waals surface area (Å²) in [5.41, 5.74) is 8.19. The second kappa shape index (κ2) is 6.94. The number of benzene rings is 1. The Morgan fingerprint density at radius 1 is 1.24 bits per heavy atom. The number of hydrogen-bond donors (Lipinski definition) is 2. The number of nitrogens with one attached hydrogen (secondary N) is 1. The molecule has 0 radical (unpaired) electrons. The topological polar surface area (TPSA) is 58.4 Å². The minimum Gasteiger partial charge on any atom is -0.372 e. The first-order valence-corrected chi connectivity index (χ1v) is 7.90. The summed E-state index contributed by atoms with van der Waals surface area (Å²) in [5, 5.41) is 3.06. The molecule has 1 saturated heterocycles. The van der Waals surface area contributed by atoms with E-state index in [1.807, 2.05) is 20.8 Å². The van der Waals surface area contributed by atoms with Gasteiger partial charge in [0.05, 0.1) is 6.04 Å². The van der Waals surface area contributed by atoms with Crippen molar-refractivity contribution in [2.75, 3.05) is 18.0 Å². The molecule has 1 aromatic carbocycles. The lowest BCUT2D eigenvalue weighted by atomic mass is 10.0. The number of amides is 1. The Morgan fingerprint density at radius 2 is 1.90 bits per heavy atom. The first-order chi connectivity index (χ1) is 9.99. The predicted octanol–water partition coefficient (Wildman–Crippen LogP) is 2.45. The lowest BCUT2D eigenvalue weighted by Gasteiger charge is -2.22. The fourth-order valence-electron chi connectivity index (χ4n) is 2.63. The highest BCUT2D eigenvalue weighted by molar-refractivity contribution is 5.79.